The van der Waals surface area contributed by atoms with Crippen LogP contribution in [0, 0.1) is 5.41 Å². The number of nitrogens with zero attached hydrogens (tertiary/aromatic N) is 1. The number of aliphatic carboxylic acids is 1. The van der Waals surface area contributed by atoms with Gasteiger partial charge >= 0.3 is 12.0 Å². The van der Waals surface area contributed by atoms with Crippen LogP contribution in [0.2, 0.25) is 0 Å². The Morgan fingerprint density at radius 2 is 1.85 bits per heavy atom. The van der Waals surface area contributed by atoms with Crippen molar-refractivity contribution >= 4 is 12.0 Å². The second-order valence-corrected chi connectivity index (χ2v) is 5.87. The van der Waals surface area contributed by atoms with E-state index in [1.54, 1.807) is 4.90 Å². The summed E-state index contributed by atoms with van der Waals surface area (Å²) in [7, 11) is 0. The molecule has 2 amide bonds. The molecular formula is C15H28N2O3. The van der Waals surface area contributed by atoms with Gasteiger partial charge in [-0.2, -0.15) is 0 Å². The number of hydrogen-bond acceptors (Lipinski definition) is 2. The molecule has 0 aliphatic heterocycles. The summed E-state index contributed by atoms with van der Waals surface area (Å²) in [5.41, 5.74) is -0.245. The summed E-state index contributed by atoms with van der Waals surface area (Å²) >= 11 is 0. The van der Waals surface area contributed by atoms with Gasteiger partial charge in [-0.15, -0.1) is 0 Å². The Labute approximate surface area is 121 Å². The van der Waals surface area contributed by atoms with E-state index in [1.165, 1.54) is 6.42 Å². The zero-order chi connectivity index (χ0) is 15.0. The molecule has 1 rings (SSSR count). The average molecular weight is 284 g/mol. The minimum atomic E-state index is -0.762. The highest BCUT2D eigenvalue weighted by Gasteiger charge is 2.35. The molecule has 1 aliphatic carbocycles. The summed E-state index contributed by atoms with van der Waals surface area (Å²) in [4.78, 5) is 25.0. The van der Waals surface area contributed by atoms with Gasteiger partial charge in [-0.05, 0) is 31.6 Å². The van der Waals surface area contributed by atoms with Gasteiger partial charge in [0.25, 0.3) is 0 Å². The monoisotopic (exact) mass is 284 g/mol. The van der Waals surface area contributed by atoms with Crippen LogP contribution in [0.15, 0.2) is 0 Å². The maximum Gasteiger partial charge on any atom is 0.317 e. The van der Waals surface area contributed by atoms with Crippen molar-refractivity contribution in [2.45, 2.75) is 58.8 Å². The van der Waals surface area contributed by atoms with E-state index in [9.17, 15) is 9.59 Å². The van der Waals surface area contributed by atoms with Crippen LogP contribution >= 0.6 is 0 Å². The predicted octanol–water partition coefficient (Wildman–Crippen LogP) is 2.85. The Morgan fingerprint density at radius 3 is 2.35 bits per heavy atom. The molecule has 1 saturated carbocycles. The average Bonchev–Trinajstić information content (AvgIpc) is 2.42. The first-order valence-corrected chi connectivity index (χ1v) is 7.77. The SMILES string of the molecule is CCCN(CC)C(=O)NCC1(CC(=O)O)CCCCC1. The Morgan fingerprint density at radius 1 is 1.20 bits per heavy atom. The first kappa shape index (κ1) is 16.8. The van der Waals surface area contributed by atoms with Crippen molar-refractivity contribution in [3.05, 3.63) is 0 Å². The highest BCUT2D eigenvalue weighted by molar-refractivity contribution is 5.74. The number of amides is 2. The van der Waals surface area contributed by atoms with E-state index >= 15 is 0 Å². The number of carbonyl (C=O) groups is 2. The van der Waals surface area contributed by atoms with Crippen LogP contribution in [0.3, 0.4) is 0 Å². The van der Waals surface area contributed by atoms with Crippen molar-refractivity contribution < 1.29 is 14.7 Å². The maximum atomic E-state index is 12.1. The molecule has 0 radical (unpaired) electrons. The molecule has 0 aromatic carbocycles. The van der Waals surface area contributed by atoms with Gasteiger partial charge in [0.15, 0.2) is 0 Å². The molecule has 0 unspecified atom stereocenters. The Bertz CT molecular complexity index is 325. The summed E-state index contributed by atoms with van der Waals surface area (Å²) < 4.78 is 0. The molecule has 20 heavy (non-hydrogen) atoms. The fourth-order valence-corrected chi connectivity index (χ4v) is 3.09. The number of nitrogens with one attached hydrogen (secondary N) is 1. The number of hydrogen-bond donors (Lipinski definition) is 2. The van der Waals surface area contributed by atoms with Gasteiger partial charge in [0.2, 0.25) is 0 Å². The zero-order valence-electron chi connectivity index (χ0n) is 12.8. The van der Waals surface area contributed by atoms with Crippen LogP contribution in [0.5, 0.6) is 0 Å². The third-order valence-corrected chi connectivity index (χ3v) is 4.22. The van der Waals surface area contributed by atoms with E-state index < -0.39 is 5.97 Å². The number of carbonyl (C=O) groups excluding carboxylic acids is 1. The molecule has 1 aliphatic rings. The van der Waals surface area contributed by atoms with Gasteiger partial charge in [0, 0.05) is 19.6 Å². The summed E-state index contributed by atoms with van der Waals surface area (Å²) in [6, 6.07) is -0.0651. The van der Waals surface area contributed by atoms with Crippen molar-refractivity contribution in [1.29, 1.82) is 0 Å². The number of carboxylic acids is 1. The minimum Gasteiger partial charge on any atom is -0.481 e. The molecule has 0 atom stereocenters. The Kier molecular flexibility index (Phi) is 6.82. The molecule has 0 heterocycles. The highest BCUT2D eigenvalue weighted by Crippen LogP contribution is 2.38. The highest BCUT2D eigenvalue weighted by atomic mass is 16.4. The van der Waals surface area contributed by atoms with Gasteiger partial charge in [-0.1, -0.05) is 26.2 Å². The molecule has 2 N–H and O–H groups in total. The smallest absolute Gasteiger partial charge is 0.317 e. The third-order valence-electron chi connectivity index (χ3n) is 4.22. The first-order chi connectivity index (χ1) is 9.53. The summed E-state index contributed by atoms with van der Waals surface area (Å²) in [6.45, 7) is 5.92. The largest absolute Gasteiger partial charge is 0.481 e. The number of urea groups is 1. The fourth-order valence-electron chi connectivity index (χ4n) is 3.09. The second kappa shape index (κ2) is 8.12. The van der Waals surface area contributed by atoms with Crippen LogP contribution in [-0.2, 0) is 4.79 Å². The van der Waals surface area contributed by atoms with Crippen molar-refractivity contribution in [3.8, 4) is 0 Å². The van der Waals surface area contributed by atoms with Crippen LogP contribution in [0.25, 0.3) is 0 Å². The number of rotatable bonds is 7. The Balaban J connectivity index is 2.57. The van der Waals surface area contributed by atoms with Crippen LogP contribution in [-0.4, -0.2) is 41.6 Å². The lowest BCUT2D eigenvalue weighted by molar-refractivity contribution is -0.140. The summed E-state index contributed by atoms with van der Waals surface area (Å²) in [5, 5.41) is 12.1. The molecule has 0 bridgehead atoms. The summed E-state index contributed by atoms with van der Waals surface area (Å²) in [5.74, 6) is -0.762. The van der Waals surface area contributed by atoms with E-state index in [1.807, 2.05) is 13.8 Å². The lowest BCUT2D eigenvalue weighted by atomic mass is 9.72. The van der Waals surface area contributed by atoms with Gasteiger partial charge < -0.3 is 15.3 Å². The molecular weight excluding hydrogens is 256 g/mol. The predicted molar refractivity (Wildman–Crippen MR) is 78.7 cm³/mol. The molecule has 0 aromatic rings. The van der Waals surface area contributed by atoms with Crippen molar-refractivity contribution in [1.82, 2.24) is 10.2 Å². The lowest BCUT2D eigenvalue weighted by Crippen LogP contribution is -2.46. The molecule has 1 fully saturated rings. The minimum absolute atomic E-state index is 0.0651. The fraction of sp³-hybridized carbons (Fsp3) is 0.867. The van der Waals surface area contributed by atoms with Crippen molar-refractivity contribution in [3.63, 3.8) is 0 Å². The van der Waals surface area contributed by atoms with Crippen LogP contribution in [0.1, 0.15) is 58.8 Å². The zero-order valence-corrected chi connectivity index (χ0v) is 12.8. The van der Waals surface area contributed by atoms with Crippen LogP contribution < -0.4 is 5.32 Å². The molecule has 5 heteroatoms. The Hall–Kier alpha value is -1.26. The maximum absolute atomic E-state index is 12.1. The standard InChI is InChI=1S/C15H28N2O3/c1-3-10-17(4-2)14(20)16-12-15(11-13(18)19)8-6-5-7-9-15/h3-12H2,1-2H3,(H,16,20)(H,18,19). The van der Waals surface area contributed by atoms with Gasteiger partial charge in [0.1, 0.15) is 0 Å². The first-order valence-electron chi connectivity index (χ1n) is 7.77. The van der Waals surface area contributed by atoms with E-state index in [0.29, 0.717) is 13.1 Å². The van der Waals surface area contributed by atoms with Gasteiger partial charge in [-0.25, -0.2) is 4.79 Å². The van der Waals surface area contributed by atoms with Gasteiger partial charge in [0.05, 0.1) is 6.42 Å². The lowest BCUT2D eigenvalue weighted by Gasteiger charge is -2.36. The molecule has 0 saturated heterocycles. The van der Waals surface area contributed by atoms with E-state index in [2.05, 4.69) is 5.32 Å². The third kappa shape index (κ3) is 5.02. The van der Waals surface area contributed by atoms with E-state index in [-0.39, 0.29) is 17.9 Å². The van der Waals surface area contributed by atoms with E-state index in [0.717, 1.165) is 38.6 Å². The molecule has 0 aromatic heterocycles. The topological polar surface area (TPSA) is 69.6 Å². The molecule has 5 nitrogen and oxygen atoms in total. The van der Waals surface area contributed by atoms with Gasteiger partial charge in [-0.3, -0.25) is 4.79 Å². The van der Waals surface area contributed by atoms with E-state index in [4.69, 9.17) is 5.11 Å². The summed E-state index contributed by atoms with van der Waals surface area (Å²) in [6.07, 6.45) is 6.20. The normalized spacial score (nSPS) is 17.5. The second-order valence-electron chi connectivity index (χ2n) is 5.87. The quantitative estimate of drug-likeness (QED) is 0.755. The number of carboxylic acid groups (broad SMARTS) is 1. The van der Waals surface area contributed by atoms with Crippen LogP contribution in [0.4, 0.5) is 4.79 Å². The molecule has 116 valence electrons. The molecule has 0 spiro atoms. The van der Waals surface area contributed by atoms with Crippen molar-refractivity contribution in [2.75, 3.05) is 19.6 Å². The van der Waals surface area contributed by atoms with Crippen molar-refractivity contribution in [2.24, 2.45) is 5.41 Å².